The second kappa shape index (κ2) is 8.48. The lowest BCUT2D eigenvalue weighted by Crippen LogP contribution is -2.34. The standard InChI is InChI=1S/C19H27ClO3/c1-21-11-10-14-2-4-15(5-3-14)17-12-22-19(23-13-17)16-6-8-18(20)9-7-16/h6-9,14-15,17,19H,2-5,10-13H2,1H3/t14-,15-,17-,19-. The largest absolute Gasteiger partial charge is 0.385 e. The Labute approximate surface area is 144 Å². The summed E-state index contributed by atoms with van der Waals surface area (Å²) >= 11 is 5.93. The van der Waals surface area contributed by atoms with E-state index in [-0.39, 0.29) is 6.29 Å². The molecule has 2 aliphatic rings. The summed E-state index contributed by atoms with van der Waals surface area (Å²) in [6.07, 6.45) is 6.23. The van der Waals surface area contributed by atoms with Gasteiger partial charge in [-0.1, -0.05) is 36.6 Å². The third-order valence-electron chi connectivity index (χ3n) is 5.35. The van der Waals surface area contributed by atoms with Crippen LogP contribution < -0.4 is 0 Å². The van der Waals surface area contributed by atoms with Crippen LogP contribution in [0, 0.1) is 17.8 Å². The Morgan fingerprint density at radius 3 is 2.26 bits per heavy atom. The van der Waals surface area contributed by atoms with Crippen LogP contribution in [0.25, 0.3) is 0 Å². The summed E-state index contributed by atoms with van der Waals surface area (Å²) in [4.78, 5) is 0. The second-order valence-electron chi connectivity index (χ2n) is 6.87. The van der Waals surface area contributed by atoms with Crippen molar-refractivity contribution in [2.45, 2.75) is 38.4 Å². The summed E-state index contributed by atoms with van der Waals surface area (Å²) in [6, 6.07) is 7.73. The van der Waals surface area contributed by atoms with Gasteiger partial charge in [-0.05, 0) is 43.2 Å². The van der Waals surface area contributed by atoms with Crippen molar-refractivity contribution in [3.63, 3.8) is 0 Å². The molecule has 23 heavy (non-hydrogen) atoms. The SMILES string of the molecule is COCC[C@H]1CC[C@H]([C@H]2CO[C@H](c3ccc(Cl)cc3)OC2)CC1. The summed E-state index contributed by atoms with van der Waals surface area (Å²) in [5.41, 5.74) is 1.05. The van der Waals surface area contributed by atoms with Crippen molar-refractivity contribution in [2.24, 2.45) is 17.8 Å². The van der Waals surface area contributed by atoms with Gasteiger partial charge in [-0.15, -0.1) is 0 Å². The molecule has 2 fully saturated rings. The topological polar surface area (TPSA) is 27.7 Å². The lowest BCUT2D eigenvalue weighted by Gasteiger charge is -2.37. The molecule has 0 atom stereocenters. The Morgan fingerprint density at radius 2 is 1.65 bits per heavy atom. The first kappa shape index (κ1) is 17.2. The molecule has 0 spiro atoms. The van der Waals surface area contributed by atoms with E-state index in [2.05, 4.69) is 0 Å². The van der Waals surface area contributed by atoms with E-state index in [0.717, 1.165) is 42.2 Å². The monoisotopic (exact) mass is 338 g/mol. The zero-order chi connectivity index (χ0) is 16.1. The first-order valence-corrected chi connectivity index (χ1v) is 9.11. The van der Waals surface area contributed by atoms with Crippen LogP contribution in [0.2, 0.25) is 5.02 Å². The fourth-order valence-electron chi connectivity index (χ4n) is 3.84. The third-order valence-corrected chi connectivity index (χ3v) is 5.61. The molecule has 4 heteroatoms. The molecule has 0 radical (unpaired) electrons. The fourth-order valence-corrected chi connectivity index (χ4v) is 3.96. The molecule has 1 heterocycles. The summed E-state index contributed by atoms with van der Waals surface area (Å²) in [7, 11) is 1.79. The molecule has 0 amide bonds. The van der Waals surface area contributed by atoms with Gasteiger partial charge in [0.1, 0.15) is 0 Å². The minimum absolute atomic E-state index is 0.235. The number of rotatable bonds is 5. The molecule has 0 aromatic heterocycles. The Morgan fingerprint density at radius 1 is 1.00 bits per heavy atom. The molecule has 128 valence electrons. The highest BCUT2D eigenvalue weighted by atomic mass is 35.5. The first-order valence-electron chi connectivity index (χ1n) is 8.74. The zero-order valence-electron chi connectivity index (χ0n) is 13.9. The van der Waals surface area contributed by atoms with Crippen LogP contribution in [0.3, 0.4) is 0 Å². The lowest BCUT2D eigenvalue weighted by atomic mass is 9.75. The minimum atomic E-state index is -0.235. The van der Waals surface area contributed by atoms with E-state index in [1.54, 1.807) is 7.11 Å². The maximum absolute atomic E-state index is 5.98. The second-order valence-corrected chi connectivity index (χ2v) is 7.31. The highest BCUT2D eigenvalue weighted by Gasteiger charge is 2.32. The van der Waals surface area contributed by atoms with Gasteiger partial charge in [-0.2, -0.15) is 0 Å². The molecule has 1 aliphatic heterocycles. The molecule has 1 saturated carbocycles. The molecule has 3 nitrogen and oxygen atoms in total. The number of hydrogen-bond acceptors (Lipinski definition) is 3. The molecule has 0 N–H and O–H groups in total. The molecule has 1 aromatic rings. The van der Waals surface area contributed by atoms with E-state index in [1.807, 2.05) is 24.3 Å². The molecular formula is C19H27ClO3. The molecular weight excluding hydrogens is 312 g/mol. The summed E-state index contributed by atoms with van der Waals surface area (Å²) in [6.45, 7) is 2.51. The van der Waals surface area contributed by atoms with E-state index in [1.165, 1.54) is 32.1 Å². The molecule has 1 aromatic carbocycles. The molecule has 0 bridgehead atoms. The smallest absolute Gasteiger partial charge is 0.183 e. The summed E-state index contributed by atoms with van der Waals surface area (Å²) in [5, 5.41) is 0.743. The minimum Gasteiger partial charge on any atom is -0.385 e. The Balaban J connectivity index is 1.43. The third kappa shape index (κ3) is 4.69. The zero-order valence-corrected chi connectivity index (χ0v) is 14.6. The van der Waals surface area contributed by atoms with Crippen molar-refractivity contribution in [2.75, 3.05) is 26.9 Å². The van der Waals surface area contributed by atoms with Gasteiger partial charge < -0.3 is 14.2 Å². The summed E-state index contributed by atoms with van der Waals surface area (Å²) in [5.74, 6) is 2.14. The number of ether oxygens (including phenoxy) is 3. The highest BCUT2D eigenvalue weighted by Crippen LogP contribution is 2.38. The van der Waals surface area contributed by atoms with Crippen LogP contribution in [-0.2, 0) is 14.2 Å². The van der Waals surface area contributed by atoms with Gasteiger partial charge in [-0.25, -0.2) is 0 Å². The predicted octanol–water partition coefficient (Wildman–Crippen LogP) is 4.84. The molecule has 0 unspecified atom stereocenters. The van der Waals surface area contributed by atoms with Crippen LogP contribution in [0.4, 0.5) is 0 Å². The van der Waals surface area contributed by atoms with Crippen LogP contribution >= 0.6 is 11.6 Å². The van der Waals surface area contributed by atoms with Crippen molar-refractivity contribution in [1.29, 1.82) is 0 Å². The average Bonchev–Trinajstić information content (AvgIpc) is 2.61. The lowest BCUT2D eigenvalue weighted by molar-refractivity contribution is -0.214. The normalized spacial score (nSPS) is 31.9. The van der Waals surface area contributed by atoms with Crippen molar-refractivity contribution < 1.29 is 14.2 Å². The van der Waals surface area contributed by atoms with Crippen molar-refractivity contribution in [3.05, 3.63) is 34.9 Å². The van der Waals surface area contributed by atoms with E-state index in [0.29, 0.717) is 5.92 Å². The van der Waals surface area contributed by atoms with Gasteiger partial charge in [0, 0.05) is 30.2 Å². The maximum atomic E-state index is 5.98. The number of benzene rings is 1. The van der Waals surface area contributed by atoms with Gasteiger partial charge in [0.2, 0.25) is 0 Å². The quantitative estimate of drug-likeness (QED) is 0.768. The van der Waals surface area contributed by atoms with Crippen molar-refractivity contribution >= 4 is 11.6 Å². The molecule has 1 aliphatic carbocycles. The van der Waals surface area contributed by atoms with E-state index in [4.69, 9.17) is 25.8 Å². The van der Waals surface area contributed by atoms with Crippen LogP contribution in [0.5, 0.6) is 0 Å². The first-order chi connectivity index (χ1) is 11.3. The fraction of sp³-hybridized carbons (Fsp3) is 0.684. The maximum Gasteiger partial charge on any atom is 0.183 e. The van der Waals surface area contributed by atoms with Gasteiger partial charge in [-0.3, -0.25) is 0 Å². The van der Waals surface area contributed by atoms with Gasteiger partial charge in [0.05, 0.1) is 13.2 Å². The number of methoxy groups -OCH3 is 1. The van der Waals surface area contributed by atoms with E-state index in [9.17, 15) is 0 Å². The molecule has 3 rings (SSSR count). The molecule has 1 saturated heterocycles. The van der Waals surface area contributed by atoms with Gasteiger partial charge >= 0.3 is 0 Å². The van der Waals surface area contributed by atoms with Gasteiger partial charge in [0.15, 0.2) is 6.29 Å². The highest BCUT2D eigenvalue weighted by molar-refractivity contribution is 6.30. The number of halogens is 1. The Kier molecular flexibility index (Phi) is 6.35. The Bertz CT molecular complexity index is 460. The van der Waals surface area contributed by atoms with E-state index < -0.39 is 0 Å². The van der Waals surface area contributed by atoms with Crippen molar-refractivity contribution in [3.8, 4) is 0 Å². The van der Waals surface area contributed by atoms with Crippen molar-refractivity contribution in [1.82, 2.24) is 0 Å². The van der Waals surface area contributed by atoms with Crippen LogP contribution in [0.15, 0.2) is 24.3 Å². The number of hydrogen-bond donors (Lipinski definition) is 0. The predicted molar refractivity (Wildman–Crippen MR) is 91.5 cm³/mol. The van der Waals surface area contributed by atoms with Crippen LogP contribution in [0.1, 0.15) is 44.0 Å². The van der Waals surface area contributed by atoms with E-state index >= 15 is 0 Å². The van der Waals surface area contributed by atoms with Gasteiger partial charge in [0.25, 0.3) is 0 Å². The van der Waals surface area contributed by atoms with Crippen LogP contribution in [-0.4, -0.2) is 26.9 Å². The average molecular weight is 339 g/mol. The summed E-state index contributed by atoms with van der Waals surface area (Å²) < 4.78 is 17.2. The Hall–Kier alpha value is -0.610.